The number of fused-ring (bicyclic) bond motifs is 12. The summed E-state index contributed by atoms with van der Waals surface area (Å²) in [5, 5.41) is -0.711. The molecule has 3 aliphatic heterocycles. The van der Waals surface area contributed by atoms with E-state index < -0.39 is 114 Å². The van der Waals surface area contributed by atoms with Crippen molar-refractivity contribution in [3.63, 3.8) is 0 Å². The number of hydrogen-bond acceptors (Lipinski definition) is 3. The summed E-state index contributed by atoms with van der Waals surface area (Å²) in [6.45, 7) is 5.28. The van der Waals surface area contributed by atoms with Gasteiger partial charge in [-0.3, -0.25) is 0 Å². The Labute approximate surface area is 648 Å². The molecule has 0 N–H and O–H groups in total. The highest BCUT2D eigenvalue weighted by atomic mass is 16.5. The van der Waals surface area contributed by atoms with Crippen molar-refractivity contribution < 1.29 is 34.1 Å². The van der Waals surface area contributed by atoms with Crippen molar-refractivity contribution in [2.45, 2.75) is 31.6 Å². The lowest BCUT2D eigenvalue weighted by molar-refractivity contribution is 0.434. The fourth-order valence-corrected chi connectivity index (χ4v) is 16.7. The first-order chi connectivity index (χ1) is 60.1. The van der Waals surface area contributed by atoms with Gasteiger partial charge in [-0.1, -0.05) is 287 Å². The molecule has 0 bridgehead atoms. The van der Waals surface area contributed by atoms with Crippen LogP contribution in [-0.2, 0) is 10.8 Å². The maximum atomic E-state index is 11.3. The highest BCUT2D eigenvalue weighted by Gasteiger charge is 2.47. The molecule has 0 fully saturated rings. The lowest BCUT2D eigenvalue weighted by atomic mass is 9.34. The second-order valence-corrected chi connectivity index (χ2v) is 28.5. The number of anilines is 3. The van der Waals surface area contributed by atoms with Gasteiger partial charge in [0, 0.05) is 72.6 Å². The summed E-state index contributed by atoms with van der Waals surface area (Å²) in [7, 11) is 0. The quantitative estimate of drug-likeness (QED) is 0.128. The van der Waals surface area contributed by atoms with E-state index >= 15 is 0 Å². The van der Waals surface area contributed by atoms with E-state index in [-0.39, 0.29) is 95.2 Å². The van der Waals surface area contributed by atoms with Crippen LogP contribution in [0.1, 0.15) is 73.3 Å². The number of nitrogens with zero attached hydrogens (tertiary/aromatic N) is 3. The minimum Gasteiger partial charge on any atom is -0.458 e. The Bertz CT molecular complexity index is 7470. The second-order valence-electron chi connectivity index (χ2n) is 28.5. The molecule has 18 aromatic rings. The van der Waals surface area contributed by atoms with Crippen LogP contribution in [0.3, 0.4) is 0 Å². The van der Waals surface area contributed by atoms with E-state index in [0.29, 0.717) is 50.6 Å². The number of aromatic nitrogens is 2. The van der Waals surface area contributed by atoms with Crippen molar-refractivity contribution in [3.05, 3.63) is 397 Å². The molecule has 107 heavy (non-hydrogen) atoms. The number of para-hydroxylation sites is 5. The van der Waals surface area contributed by atoms with E-state index in [1.165, 1.54) is 21.3 Å². The first-order valence-corrected chi connectivity index (χ1v) is 35.7. The van der Waals surface area contributed by atoms with Gasteiger partial charge in [0.05, 0.1) is 57.8 Å². The Kier molecular flexibility index (Phi) is 10.5. The smallest absolute Gasteiger partial charge is 0.256 e. The van der Waals surface area contributed by atoms with Gasteiger partial charge in [0.2, 0.25) is 0 Å². The SMILES string of the molecule is [2H]c1cc(-n2c3c([2H])c([2H])c([2H])c([2H])c3c3c([2H])c([2H])c([2H])c([2H])c32)cc2c1B1c3c([2H])cc(-n4c5c([2H])c([2H])c([2H])c([2H])c5c5c([2H])c([2H])c([2H])c([2H])c54)cc3N(c3c(-c4cccc(-c5ccccc5)c4)cc(C(C)(C)C)cc3-c3cccc(-c4ccccc4)c3)c3cc(-c4ccc5c(c4)C(c4ccccc4)(c4ccccc4)c4ccccc4O5)cc(c31)O2. The van der Waals surface area contributed by atoms with Gasteiger partial charge in [-0.15, -0.1) is 0 Å². The van der Waals surface area contributed by atoms with Crippen molar-refractivity contribution in [1.29, 1.82) is 0 Å². The number of hydrogen-bond donors (Lipinski definition) is 0. The maximum Gasteiger partial charge on any atom is 0.256 e. The van der Waals surface area contributed by atoms with Crippen molar-refractivity contribution >= 4 is 83.8 Å². The summed E-state index contributed by atoms with van der Waals surface area (Å²) in [5.74, 6) is 1.49. The van der Waals surface area contributed by atoms with E-state index in [1.54, 1.807) is 12.1 Å². The van der Waals surface area contributed by atoms with Crippen LogP contribution in [0.2, 0.25) is 0 Å². The van der Waals surface area contributed by atoms with Crippen molar-refractivity contribution in [2.75, 3.05) is 4.90 Å². The zero-order chi connectivity index (χ0) is 86.7. The number of rotatable bonds is 10. The van der Waals surface area contributed by atoms with Crippen LogP contribution in [0.25, 0.3) is 111 Å². The van der Waals surface area contributed by atoms with Crippen molar-refractivity contribution in [2.24, 2.45) is 0 Å². The molecule has 0 radical (unpaired) electrons. The Morgan fingerprint density at radius 1 is 0.327 bits per heavy atom. The Morgan fingerprint density at radius 3 is 1.32 bits per heavy atom. The van der Waals surface area contributed by atoms with Gasteiger partial charge in [-0.2, -0.15) is 0 Å². The zero-order valence-corrected chi connectivity index (χ0v) is 58.1. The molecule has 6 heteroatoms. The monoisotopic (exact) mass is 1390 g/mol. The summed E-state index contributed by atoms with van der Waals surface area (Å²) in [4.78, 5) is 2.12. The normalized spacial score (nSPS) is 15.5. The summed E-state index contributed by atoms with van der Waals surface area (Å²) in [6.07, 6.45) is 0. The topological polar surface area (TPSA) is 31.6 Å². The molecule has 0 spiro atoms. The van der Waals surface area contributed by atoms with Gasteiger partial charge in [0.25, 0.3) is 6.71 Å². The Hall–Kier alpha value is -13.4. The van der Waals surface area contributed by atoms with E-state index in [1.807, 2.05) is 121 Å². The van der Waals surface area contributed by atoms with Gasteiger partial charge >= 0.3 is 0 Å². The average Bonchev–Trinajstić information content (AvgIpc) is 1.66. The molecule has 0 saturated heterocycles. The zero-order valence-electron chi connectivity index (χ0n) is 76.1. The predicted molar refractivity (Wildman–Crippen MR) is 445 cm³/mol. The fraction of sp³-hybridized carbons (Fsp3) is 0.0495. The number of ether oxygens (including phenoxy) is 2. The minimum atomic E-state index is -1.20. The van der Waals surface area contributed by atoms with Crippen LogP contribution in [0.15, 0.2) is 370 Å². The highest BCUT2D eigenvalue weighted by molar-refractivity contribution is 6.99. The molecule has 2 aromatic heterocycles. The van der Waals surface area contributed by atoms with Gasteiger partial charge in [-0.25, -0.2) is 0 Å². The third-order valence-corrected chi connectivity index (χ3v) is 21.5. The molecule has 0 unspecified atom stereocenters. The molecule has 3 aliphatic rings. The summed E-state index contributed by atoms with van der Waals surface area (Å²) in [6, 6.07) is 76.3. The van der Waals surface area contributed by atoms with Crippen molar-refractivity contribution in [1.82, 2.24) is 9.13 Å². The first kappa shape index (κ1) is 46.3. The lowest BCUT2D eigenvalue weighted by Crippen LogP contribution is -2.59. The average molecular weight is 1390 g/mol. The molecule has 21 rings (SSSR count). The summed E-state index contributed by atoms with van der Waals surface area (Å²) in [5.41, 5.74) is 12.4. The standard InChI is InChI=1S/C101H70BN3O2/c1-100(2,3)75-61-82(70-34-26-32-67(56-70)65-28-8-4-9-29-65)99(83(62-75)71-35-27-33-68(57-71)66-30-10-5-11-31-66)105-92-63-76(103-88-45-21-16-40-78(88)79-41-17-22-46-89(79)103)51-53-86(92)102-87-54-52-77(104-90-47-23-18-42-80(90)81-43-19-24-48-91(81)104)64-96(87)107-97-60-72(59-93(105)98(97)102)69-50-55-95-85(58-69)101(73-36-12-6-13-37-73,74-38-14-7-15-39-74)84-44-20-25-49-94(84)106-95/h4-64H,1-3H3/i16D,17D,18D,19D,21D,22D,23D,24D,40D,41D,42D,43D,45D,46D,47D,48D,53D,54D. The van der Waals surface area contributed by atoms with Gasteiger partial charge in [0.15, 0.2) is 0 Å². The predicted octanol–water partition coefficient (Wildman–Crippen LogP) is 24.4. The molecular formula is C101H70BN3O2. The van der Waals surface area contributed by atoms with Crippen LogP contribution in [0, 0.1) is 0 Å². The van der Waals surface area contributed by atoms with Gasteiger partial charge < -0.3 is 23.5 Å². The van der Waals surface area contributed by atoms with E-state index in [0.717, 1.165) is 61.2 Å². The van der Waals surface area contributed by atoms with Gasteiger partial charge in [-0.05, 0) is 180 Å². The third kappa shape index (κ3) is 9.79. The summed E-state index contributed by atoms with van der Waals surface area (Å²) < 4.78 is 190. The summed E-state index contributed by atoms with van der Waals surface area (Å²) >= 11 is 0. The van der Waals surface area contributed by atoms with Crippen LogP contribution < -0.4 is 30.8 Å². The van der Waals surface area contributed by atoms with Gasteiger partial charge in [0.1, 0.15) is 23.0 Å². The van der Waals surface area contributed by atoms with Crippen molar-refractivity contribution in [3.8, 4) is 90.0 Å². The highest BCUT2D eigenvalue weighted by Crippen LogP contribution is 2.58. The third-order valence-electron chi connectivity index (χ3n) is 21.5. The van der Waals surface area contributed by atoms with Crippen LogP contribution in [-0.4, -0.2) is 15.8 Å². The molecule has 0 amide bonds. The number of benzene rings is 16. The molecule has 16 aromatic carbocycles. The molecule has 0 saturated carbocycles. The Morgan fingerprint density at radius 2 is 0.776 bits per heavy atom. The molecule has 504 valence electrons. The molecule has 5 nitrogen and oxygen atoms in total. The first-order valence-electron chi connectivity index (χ1n) is 44.7. The lowest BCUT2D eigenvalue weighted by Gasteiger charge is -2.43. The van der Waals surface area contributed by atoms with Crippen LogP contribution >= 0.6 is 0 Å². The molecule has 0 atom stereocenters. The van der Waals surface area contributed by atoms with E-state index in [2.05, 4.69) is 141 Å². The molecular weight excluding hydrogens is 1300 g/mol. The van der Waals surface area contributed by atoms with E-state index in [4.69, 9.17) is 17.7 Å². The second kappa shape index (κ2) is 24.3. The maximum absolute atomic E-state index is 11.3. The largest absolute Gasteiger partial charge is 0.458 e. The molecule has 5 heterocycles. The Balaban J connectivity index is 0.948. The van der Waals surface area contributed by atoms with Crippen LogP contribution in [0.4, 0.5) is 17.1 Å². The van der Waals surface area contributed by atoms with E-state index in [9.17, 15) is 16.4 Å². The molecule has 0 aliphatic carbocycles. The van der Waals surface area contributed by atoms with Crippen LogP contribution in [0.5, 0.6) is 23.0 Å². The minimum absolute atomic E-state index is 0.0241. The fourth-order valence-electron chi connectivity index (χ4n) is 16.7.